The summed E-state index contributed by atoms with van der Waals surface area (Å²) in [7, 11) is 1.49. The van der Waals surface area contributed by atoms with Crippen LogP contribution in [0.25, 0.3) is 0 Å². The van der Waals surface area contributed by atoms with E-state index in [1.807, 2.05) is 0 Å². The molecule has 0 saturated heterocycles. The molecule has 1 aromatic heterocycles. The zero-order chi connectivity index (χ0) is 21.7. The number of nitrogens with one attached hydrogen (secondary N) is 2. The third-order valence-corrected chi connectivity index (χ3v) is 3.81. The fourth-order valence-corrected chi connectivity index (χ4v) is 2.37. The molecule has 2 amide bonds. The first kappa shape index (κ1) is 20.9. The molecule has 0 bridgehead atoms. The minimum absolute atomic E-state index is 0.320. The fraction of sp³-hybridized carbons (Fsp3) is 0.100. The molecule has 30 heavy (non-hydrogen) atoms. The lowest BCUT2D eigenvalue weighted by atomic mass is 10.2. The average molecular weight is 421 g/mol. The number of carbonyl (C=O) groups excluding carboxylic acids is 1. The summed E-state index contributed by atoms with van der Waals surface area (Å²) in [5.41, 5.74) is -1.34. The highest BCUT2D eigenvalue weighted by Gasteiger charge is 2.31. The molecule has 10 heteroatoms. The molecule has 0 atom stereocenters. The van der Waals surface area contributed by atoms with Crippen LogP contribution < -0.4 is 20.1 Å². The van der Waals surface area contributed by atoms with Crippen molar-refractivity contribution in [3.05, 3.63) is 72.2 Å². The first-order valence-electron chi connectivity index (χ1n) is 8.47. The summed E-state index contributed by atoms with van der Waals surface area (Å²) in [6, 6.07) is 10.3. The Labute approximate surface area is 168 Å². The van der Waals surface area contributed by atoms with Gasteiger partial charge in [-0.05, 0) is 48.5 Å². The first-order valence-corrected chi connectivity index (χ1v) is 8.47. The smallest absolute Gasteiger partial charge is 0.416 e. The van der Waals surface area contributed by atoms with Gasteiger partial charge in [0.05, 0.1) is 24.6 Å². The predicted octanol–water partition coefficient (Wildman–Crippen LogP) is 5.68. The first-order chi connectivity index (χ1) is 14.2. The number of anilines is 2. The fourth-order valence-electron chi connectivity index (χ4n) is 2.37. The van der Waals surface area contributed by atoms with Crippen molar-refractivity contribution in [2.45, 2.75) is 6.18 Å². The van der Waals surface area contributed by atoms with Crippen LogP contribution in [0.15, 0.2) is 60.8 Å². The highest BCUT2D eigenvalue weighted by molar-refractivity contribution is 5.99. The van der Waals surface area contributed by atoms with Crippen LogP contribution in [0.3, 0.4) is 0 Å². The summed E-state index contributed by atoms with van der Waals surface area (Å²) in [6.45, 7) is 0. The number of alkyl halides is 3. The molecular formula is C20H15F4N3O3. The molecule has 1 heterocycles. The molecule has 0 radical (unpaired) electrons. The summed E-state index contributed by atoms with van der Waals surface area (Å²) in [6.07, 6.45) is -3.18. The molecule has 0 aliphatic heterocycles. The monoisotopic (exact) mass is 421 g/mol. The van der Waals surface area contributed by atoms with Crippen molar-refractivity contribution >= 4 is 17.4 Å². The van der Waals surface area contributed by atoms with E-state index in [-0.39, 0.29) is 0 Å². The maximum absolute atomic E-state index is 13.7. The minimum atomic E-state index is -4.66. The molecule has 6 nitrogen and oxygen atoms in total. The van der Waals surface area contributed by atoms with Crippen LogP contribution >= 0.6 is 0 Å². The van der Waals surface area contributed by atoms with Crippen molar-refractivity contribution in [3.8, 4) is 17.4 Å². The van der Waals surface area contributed by atoms with E-state index in [0.29, 0.717) is 41.3 Å². The maximum Gasteiger partial charge on any atom is 0.416 e. The van der Waals surface area contributed by atoms with Gasteiger partial charge in [0.25, 0.3) is 0 Å². The highest BCUT2D eigenvalue weighted by Crippen LogP contribution is 2.32. The SMILES string of the molecule is COc1ccc(Oc2ccc(NC(=O)Nc3cc(C(F)(F)F)ccc3F)cc2)cn1. The lowest BCUT2D eigenvalue weighted by molar-refractivity contribution is -0.137. The molecule has 3 rings (SSSR count). The van der Waals surface area contributed by atoms with E-state index in [4.69, 9.17) is 9.47 Å². The predicted molar refractivity (Wildman–Crippen MR) is 101 cm³/mol. The van der Waals surface area contributed by atoms with Gasteiger partial charge in [-0.2, -0.15) is 13.2 Å². The number of rotatable bonds is 5. The van der Waals surface area contributed by atoms with Gasteiger partial charge in [-0.3, -0.25) is 0 Å². The minimum Gasteiger partial charge on any atom is -0.481 e. The topological polar surface area (TPSA) is 72.5 Å². The van der Waals surface area contributed by atoms with Crippen LogP contribution in [0.1, 0.15) is 5.56 Å². The van der Waals surface area contributed by atoms with Crippen LogP contribution in [-0.2, 0) is 6.18 Å². The number of methoxy groups -OCH3 is 1. The number of hydrogen-bond acceptors (Lipinski definition) is 4. The standard InChI is InChI=1S/C20H15F4N3O3/c1-29-18-9-7-15(11-25-18)30-14-5-3-13(4-6-14)26-19(28)27-17-10-12(20(22,23)24)2-8-16(17)21/h2-11H,1H3,(H2,26,27,28). The Bertz CT molecular complexity index is 1020. The molecule has 3 aromatic rings. The lowest BCUT2D eigenvalue weighted by Crippen LogP contribution is -2.20. The van der Waals surface area contributed by atoms with Gasteiger partial charge in [-0.15, -0.1) is 0 Å². The van der Waals surface area contributed by atoms with Crippen molar-refractivity contribution in [1.82, 2.24) is 4.98 Å². The maximum atomic E-state index is 13.7. The van der Waals surface area contributed by atoms with Gasteiger partial charge in [-0.1, -0.05) is 0 Å². The lowest BCUT2D eigenvalue weighted by Gasteiger charge is -2.12. The Morgan fingerprint density at radius 3 is 2.27 bits per heavy atom. The Kier molecular flexibility index (Phi) is 6.05. The zero-order valence-electron chi connectivity index (χ0n) is 15.5. The van der Waals surface area contributed by atoms with Gasteiger partial charge in [0.2, 0.25) is 5.88 Å². The molecule has 0 spiro atoms. The van der Waals surface area contributed by atoms with E-state index in [1.165, 1.54) is 25.4 Å². The summed E-state index contributed by atoms with van der Waals surface area (Å²) in [5, 5.41) is 4.46. The average Bonchev–Trinajstić information content (AvgIpc) is 2.71. The summed E-state index contributed by atoms with van der Waals surface area (Å²) in [4.78, 5) is 16.0. The molecular weight excluding hydrogens is 406 g/mol. The van der Waals surface area contributed by atoms with Gasteiger partial charge >= 0.3 is 12.2 Å². The second-order valence-corrected chi connectivity index (χ2v) is 5.93. The number of ether oxygens (including phenoxy) is 2. The summed E-state index contributed by atoms with van der Waals surface area (Å²) >= 11 is 0. The number of halogens is 4. The van der Waals surface area contributed by atoms with Crippen LogP contribution in [0.5, 0.6) is 17.4 Å². The van der Waals surface area contributed by atoms with Crippen molar-refractivity contribution in [2.24, 2.45) is 0 Å². The Morgan fingerprint density at radius 2 is 1.67 bits per heavy atom. The Balaban J connectivity index is 1.62. The van der Waals surface area contributed by atoms with Crippen LogP contribution in [-0.4, -0.2) is 18.1 Å². The second kappa shape index (κ2) is 8.68. The summed E-state index contributed by atoms with van der Waals surface area (Å²) < 4.78 is 62.5. The van der Waals surface area contributed by atoms with E-state index in [9.17, 15) is 22.4 Å². The van der Waals surface area contributed by atoms with E-state index in [2.05, 4.69) is 15.6 Å². The van der Waals surface area contributed by atoms with Gasteiger partial charge in [0, 0.05) is 11.8 Å². The van der Waals surface area contributed by atoms with E-state index < -0.39 is 29.3 Å². The molecule has 0 aliphatic rings. The molecule has 0 unspecified atom stereocenters. The number of aromatic nitrogens is 1. The number of benzene rings is 2. The van der Waals surface area contributed by atoms with Crippen LogP contribution in [0.4, 0.5) is 33.7 Å². The van der Waals surface area contributed by atoms with Crippen LogP contribution in [0, 0.1) is 5.82 Å². The number of nitrogens with zero attached hydrogens (tertiary/aromatic N) is 1. The van der Waals surface area contributed by atoms with E-state index in [1.54, 1.807) is 24.3 Å². The molecule has 2 aromatic carbocycles. The highest BCUT2D eigenvalue weighted by atomic mass is 19.4. The number of hydrogen-bond donors (Lipinski definition) is 2. The number of pyridine rings is 1. The summed E-state index contributed by atoms with van der Waals surface area (Å²) in [5.74, 6) is 0.367. The van der Waals surface area contributed by atoms with Gasteiger partial charge in [0.15, 0.2) is 0 Å². The zero-order valence-corrected chi connectivity index (χ0v) is 15.5. The van der Waals surface area contributed by atoms with Crippen molar-refractivity contribution in [1.29, 1.82) is 0 Å². The van der Waals surface area contributed by atoms with E-state index in [0.717, 1.165) is 0 Å². The molecule has 0 aliphatic carbocycles. The van der Waals surface area contributed by atoms with Crippen molar-refractivity contribution < 1.29 is 31.8 Å². The van der Waals surface area contributed by atoms with Gasteiger partial charge < -0.3 is 20.1 Å². The Hall–Kier alpha value is -3.82. The van der Waals surface area contributed by atoms with Crippen molar-refractivity contribution in [3.63, 3.8) is 0 Å². The third-order valence-electron chi connectivity index (χ3n) is 3.81. The van der Waals surface area contributed by atoms with Gasteiger partial charge in [-0.25, -0.2) is 14.2 Å². The molecule has 0 saturated carbocycles. The third kappa shape index (κ3) is 5.37. The van der Waals surface area contributed by atoms with E-state index >= 15 is 0 Å². The molecule has 0 fully saturated rings. The van der Waals surface area contributed by atoms with Gasteiger partial charge in [0.1, 0.15) is 17.3 Å². The Morgan fingerprint density at radius 1 is 0.967 bits per heavy atom. The largest absolute Gasteiger partial charge is 0.481 e. The molecule has 2 N–H and O–H groups in total. The van der Waals surface area contributed by atoms with Crippen LogP contribution in [0.2, 0.25) is 0 Å². The normalized spacial score (nSPS) is 11.0. The van der Waals surface area contributed by atoms with Crippen molar-refractivity contribution in [2.75, 3.05) is 17.7 Å². The number of urea groups is 1. The second-order valence-electron chi connectivity index (χ2n) is 5.93. The number of amides is 2. The quantitative estimate of drug-likeness (QED) is 0.520. The molecule has 156 valence electrons. The number of carbonyl (C=O) groups is 1.